The van der Waals surface area contributed by atoms with Crippen molar-refractivity contribution in [2.45, 2.75) is 111 Å². The van der Waals surface area contributed by atoms with Crippen LogP contribution in [0.4, 0.5) is 4.79 Å². The van der Waals surface area contributed by atoms with Crippen LogP contribution in [0.25, 0.3) is 0 Å². The van der Waals surface area contributed by atoms with Crippen LogP contribution in [0.1, 0.15) is 81.6 Å². The summed E-state index contributed by atoms with van der Waals surface area (Å²) < 4.78 is 18.4. The van der Waals surface area contributed by atoms with Crippen LogP contribution in [0, 0.1) is 23.2 Å². The van der Waals surface area contributed by atoms with E-state index in [0.717, 1.165) is 12.8 Å². The molecule has 0 spiro atoms. The van der Waals surface area contributed by atoms with Gasteiger partial charge in [-0.3, -0.25) is 9.59 Å². The van der Waals surface area contributed by atoms with E-state index in [0.29, 0.717) is 18.3 Å². The number of nitrogens with one attached hydrogen (secondary N) is 3. The number of rotatable bonds is 8. The van der Waals surface area contributed by atoms with Gasteiger partial charge in [-0.1, -0.05) is 27.7 Å². The molecule has 0 aromatic rings. The Bertz CT molecular complexity index is 829. The molecule has 0 radical (unpaired) electrons. The Morgan fingerprint density at radius 2 is 1.77 bits per heavy atom. The van der Waals surface area contributed by atoms with Gasteiger partial charge >= 0.3 is 13.2 Å². The second kappa shape index (κ2) is 9.92. The van der Waals surface area contributed by atoms with Crippen molar-refractivity contribution in [2.24, 2.45) is 23.2 Å². The van der Waals surface area contributed by atoms with Gasteiger partial charge in [0.2, 0.25) is 11.8 Å². The van der Waals surface area contributed by atoms with Gasteiger partial charge < -0.3 is 30.0 Å². The maximum absolute atomic E-state index is 13.3. The summed E-state index contributed by atoms with van der Waals surface area (Å²) in [7, 11) is -0.575. The lowest BCUT2D eigenvalue weighted by atomic mass is 9.43. The first-order chi connectivity index (χ1) is 16.0. The van der Waals surface area contributed by atoms with Crippen LogP contribution in [0.3, 0.4) is 0 Å². The SMILES string of the molecule is CC(=O)NC[C@H](NC(=O)OC(C)(C)C)C(=O)N[C@@H](CC(C)C)B1O[C@@H]2C[C@H]3C[C@H](C3(C)C)[C@]2(C)O1. The van der Waals surface area contributed by atoms with Gasteiger partial charge in [0.15, 0.2) is 0 Å². The lowest BCUT2D eigenvalue weighted by Gasteiger charge is -2.64. The molecule has 0 aromatic heterocycles. The van der Waals surface area contributed by atoms with Crippen LogP contribution < -0.4 is 16.0 Å². The fraction of sp³-hybridized carbons (Fsp3) is 0.880. The summed E-state index contributed by atoms with van der Waals surface area (Å²) in [6, 6.07) is -1.01. The Morgan fingerprint density at radius 3 is 2.31 bits per heavy atom. The minimum absolute atomic E-state index is 0.00547. The molecule has 0 aromatic carbocycles. The predicted molar refractivity (Wildman–Crippen MR) is 133 cm³/mol. The molecule has 0 unspecified atom stereocenters. The summed E-state index contributed by atoms with van der Waals surface area (Å²) in [5, 5.41) is 8.25. The Kier molecular flexibility index (Phi) is 7.87. The fourth-order valence-corrected chi connectivity index (χ4v) is 6.01. The normalized spacial score (nSPS) is 30.6. The molecule has 35 heavy (non-hydrogen) atoms. The second-order valence-corrected chi connectivity index (χ2v) is 12.7. The van der Waals surface area contributed by atoms with Gasteiger partial charge in [0, 0.05) is 13.5 Å². The van der Waals surface area contributed by atoms with Crippen LogP contribution in [0.15, 0.2) is 0 Å². The standard InChI is InChI=1S/C25H44BN3O6/c1-14(2)10-20(26-34-19-12-16-11-18(24(16,7)8)25(19,9)35-26)29-21(31)17(13-27-15(3)30)28-22(32)33-23(4,5)6/h14,16-20H,10-13H2,1-9H3,(H,27,30)(H,28,32)(H,29,31)/t16-,17+,18-,19-,20+,25+/m1/s1. The number of carbonyl (C=O) groups is 3. The van der Waals surface area contributed by atoms with Gasteiger partial charge in [-0.05, 0) is 70.1 Å². The van der Waals surface area contributed by atoms with Gasteiger partial charge in [0.05, 0.1) is 17.6 Å². The molecule has 6 atom stereocenters. The summed E-state index contributed by atoms with van der Waals surface area (Å²) >= 11 is 0. The summed E-state index contributed by atoms with van der Waals surface area (Å²) in [6.45, 7) is 17.5. The van der Waals surface area contributed by atoms with Crippen molar-refractivity contribution in [1.29, 1.82) is 0 Å². The molecule has 1 aliphatic heterocycles. The largest absolute Gasteiger partial charge is 0.481 e. The first-order valence-electron chi connectivity index (χ1n) is 12.9. The van der Waals surface area contributed by atoms with Crippen molar-refractivity contribution in [3.05, 3.63) is 0 Å². The highest BCUT2D eigenvalue weighted by Crippen LogP contribution is 2.65. The number of alkyl carbamates (subject to hydrolysis) is 1. The quantitative estimate of drug-likeness (QED) is 0.448. The third kappa shape index (κ3) is 6.13. The zero-order valence-electron chi connectivity index (χ0n) is 22.8. The molecular formula is C25H44BN3O6. The summed E-state index contributed by atoms with van der Waals surface area (Å²) in [4.78, 5) is 37.2. The van der Waals surface area contributed by atoms with Crippen molar-refractivity contribution in [3.63, 3.8) is 0 Å². The topological polar surface area (TPSA) is 115 Å². The second-order valence-electron chi connectivity index (χ2n) is 12.7. The molecule has 3 amide bonds. The van der Waals surface area contributed by atoms with Gasteiger partial charge in [-0.15, -0.1) is 0 Å². The highest BCUT2D eigenvalue weighted by molar-refractivity contribution is 6.48. The molecule has 3 aliphatic carbocycles. The molecule has 1 saturated heterocycles. The lowest BCUT2D eigenvalue weighted by Crippen LogP contribution is -2.65. The Labute approximate surface area is 210 Å². The van der Waals surface area contributed by atoms with E-state index in [4.69, 9.17) is 14.0 Å². The Morgan fingerprint density at radius 1 is 1.11 bits per heavy atom. The molecule has 3 N–H and O–H groups in total. The zero-order valence-corrected chi connectivity index (χ0v) is 22.8. The van der Waals surface area contributed by atoms with Gasteiger partial charge in [0.25, 0.3) is 0 Å². The van der Waals surface area contributed by atoms with E-state index in [2.05, 4.69) is 50.6 Å². The van der Waals surface area contributed by atoms with Gasteiger partial charge in [-0.25, -0.2) is 4.79 Å². The average Bonchev–Trinajstić information content (AvgIpc) is 3.05. The maximum Gasteiger partial charge on any atom is 0.481 e. The molecule has 3 saturated carbocycles. The van der Waals surface area contributed by atoms with E-state index in [1.54, 1.807) is 20.8 Å². The third-order valence-corrected chi connectivity index (χ3v) is 7.91. The highest BCUT2D eigenvalue weighted by atomic mass is 16.7. The lowest BCUT2D eigenvalue weighted by molar-refractivity contribution is -0.199. The third-order valence-electron chi connectivity index (χ3n) is 7.91. The molecule has 4 aliphatic rings. The van der Waals surface area contributed by atoms with Crippen molar-refractivity contribution in [1.82, 2.24) is 16.0 Å². The summed E-state index contributed by atoms with van der Waals surface area (Å²) in [5.74, 6) is 0.207. The van der Waals surface area contributed by atoms with E-state index in [9.17, 15) is 14.4 Å². The first-order valence-corrected chi connectivity index (χ1v) is 12.9. The average molecular weight is 493 g/mol. The molecule has 4 fully saturated rings. The van der Waals surface area contributed by atoms with E-state index >= 15 is 0 Å². The molecule has 4 rings (SSSR count). The van der Waals surface area contributed by atoms with Crippen molar-refractivity contribution in [3.8, 4) is 0 Å². The predicted octanol–water partition coefficient (Wildman–Crippen LogP) is 2.81. The van der Waals surface area contributed by atoms with E-state index in [-0.39, 0.29) is 35.5 Å². The minimum atomic E-state index is -1.01. The van der Waals surface area contributed by atoms with Crippen LogP contribution in [0.2, 0.25) is 0 Å². The van der Waals surface area contributed by atoms with E-state index in [1.807, 2.05) is 0 Å². The van der Waals surface area contributed by atoms with Crippen molar-refractivity contribution >= 4 is 25.0 Å². The fourth-order valence-electron chi connectivity index (χ4n) is 6.01. The maximum atomic E-state index is 13.3. The molecular weight excluding hydrogens is 449 g/mol. The van der Waals surface area contributed by atoms with Crippen LogP contribution in [-0.4, -0.2) is 60.9 Å². The monoisotopic (exact) mass is 493 g/mol. The summed E-state index contributed by atoms with van der Waals surface area (Å²) in [5.41, 5.74) is -0.876. The Balaban J connectivity index is 1.72. The molecule has 10 heteroatoms. The number of carbonyl (C=O) groups excluding carboxylic acids is 3. The first kappa shape index (κ1) is 27.8. The zero-order chi connectivity index (χ0) is 26.3. The number of amides is 3. The highest BCUT2D eigenvalue weighted by Gasteiger charge is 2.68. The van der Waals surface area contributed by atoms with Crippen molar-refractivity contribution < 1.29 is 28.4 Å². The van der Waals surface area contributed by atoms with Crippen molar-refractivity contribution in [2.75, 3.05) is 6.54 Å². The molecule has 2 bridgehead atoms. The van der Waals surface area contributed by atoms with E-state index < -0.39 is 36.7 Å². The van der Waals surface area contributed by atoms with Gasteiger partial charge in [-0.2, -0.15) is 0 Å². The molecule has 1 heterocycles. The number of hydrogen-bond donors (Lipinski definition) is 3. The summed E-state index contributed by atoms with van der Waals surface area (Å²) in [6.07, 6.45) is 2.04. The molecule has 198 valence electrons. The molecule has 9 nitrogen and oxygen atoms in total. The van der Waals surface area contributed by atoms with E-state index in [1.165, 1.54) is 6.92 Å². The number of ether oxygens (including phenoxy) is 1. The van der Waals surface area contributed by atoms with Gasteiger partial charge in [0.1, 0.15) is 11.6 Å². The van der Waals surface area contributed by atoms with Crippen LogP contribution in [-0.2, 0) is 23.6 Å². The number of hydrogen-bond acceptors (Lipinski definition) is 6. The Hall–Kier alpha value is -1.81. The van der Waals surface area contributed by atoms with Crippen LogP contribution >= 0.6 is 0 Å². The minimum Gasteiger partial charge on any atom is -0.444 e. The smallest absolute Gasteiger partial charge is 0.444 e. The van der Waals surface area contributed by atoms with Crippen LogP contribution in [0.5, 0.6) is 0 Å².